The molecule has 1 aromatic carbocycles. The first-order valence-electron chi connectivity index (χ1n) is 9.34. The Kier molecular flexibility index (Phi) is 5.33. The first-order valence-corrected chi connectivity index (χ1v) is 9.34. The maximum Gasteiger partial charge on any atom is 0.180 e. The second-order valence-electron chi connectivity index (χ2n) is 6.43. The molecule has 28 heavy (non-hydrogen) atoms. The molecule has 4 rings (SSSR count). The minimum atomic E-state index is 0.648. The number of aryl methyl sites for hydroxylation is 1. The van der Waals surface area contributed by atoms with Crippen LogP contribution in [0, 0.1) is 0 Å². The van der Waals surface area contributed by atoms with E-state index in [1.54, 1.807) is 12.4 Å². The molecule has 4 aromatic rings. The molecule has 0 amide bonds. The molecular formula is C23H21N5. The third-order valence-corrected chi connectivity index (χ3v) is 4.46. The van der Waals surface area contributed by atoms with Gasteiger partial charge in [-0.15, -0.1) is 0 Å². The van der Waals surface area contributed by atoms with Gasteiger partial charge in [-0.1, -0.05) is 43.3 Å². The number of nitrogens with zero attached hydrogens (tertiary/aromatic N) is 4. The molecule has 0 atom stereocenters. The SMILES string of the molecule is CCc1cc(NCc2ccc(-c3cccnc3)cc2)nc(-c2ccccn2)n1. The maximum atomic E-state index is 4.64. The summed E-state index contributed by atoms with van der Waals surface area (Å²) in [6, 6.07) is 20.2. The molecule has 5 heteroatoms. The van der Waals surface area contributed by atoms with Crippen LogP contribution in [-0.4, -0.2) is 19.9 Å². The van der Waals surface area contributed by atoms with Gasteiger partial charge in [0.1, 0.15) is 11.5 Å². The molecule has 0 aliphatic carbocycles. The highest BCUT2D eigenvalue weighted by atomic mass is 15.0. The van der Waals surface area contributed by atoms with E-state index in [0.29, 0.717) is 12.4 Å². The van der Waals surface area contributed by atoms with Gasteiger partial charge in [-0.3, -0.25) is 9.97 Å². The predicted octanol–water partition coefficient (Wildman–Crippen LogP) is 4.78. The van der Waals surface area contributed by atoms with Gasteiger partial charge in [0, 0.05) is 36.9 Å². The summed E-state index contributed by atoms with van der Waals surface area (Å²) < 4.78 is 0. The van der Waals surface area contributed by atoms with Gasteiger partial charge in [-0.2, -0.15) is 0 Å². The third kappa shape index (κ3) is 4.20. The number of rotatable bonds is 6. The van der Waals surface area contributed by atoms with Crippen LogP contribution in [0.5, 0.6) is 0 Å². The van der Waals surface area contributed by atoms with Crippen LogP contribution in [0.2, 0.25) is 0 Å². The van der Waals surface area contributed by atoms with E-state index < -0.39 is 0 Å². The van der Waals surface area contributed by atoms with E-state index in [1.165, 1.54) is 5.56 Å². The van der Waals surface area contributed by atoms with Gasteiger partial charge >= 0.3 is 0 Å². The first kappa shape index (κ1) is 17.8. The van der Waals surface area contributed by atoms with Crippen LogP contribution in [0.1, 0.15) is 18.2 Å². The molecule has 3 heterocycles. The summed E-state index contributed by atoms with van der Waals surface area (Å²) in [7, 11) is 0. The molecule has 138 valence electrons. The molecule has 0 saturated carbocycles. The Hall–Kier alpha value is -3.60. The Morgan fingerprint density at radius 2 is 1.75 bits per heavy atom. The maximum absolute atomic E-state index is 4.64. The van der Waals surface area contributed by atoms with Gasteiger partial charge in [0.2, 0.25) is 0 Å². The van der Waals surface area contributed by atoms with E-state index in [2.05, 4.69) is 62.5 Å². The monoisotopic (exact) mass is 367 g/mol. The Balaban J connectivity index is 1.50. The Labute approximate surface area is 164 Å². The molecule has 0 radical (unpaired) electrons. The number of hydrogen-bond acceptors (Lipinski definition) is 5. The van der Waals surface area contributed by atoms with Crippen LogP contribution in [0.25, 0.3) is 22.6 Å². The molecule has 0 aliphatic heterocycles. The average molecular weight is 367 g/mol. The van der Waals surface area contributed by atoms with Crippen LogP contribution >= 0.6 is 0 Å². The number of aromatic nitrogens is 4. The van der Waals surface area contributed by atoms with Gasteiger partial charge in [0.15, 0.2) is 5.82 Å². The summed E-state index contributed by atoms with van der Waals surface area (Å²) in [6.07, 6.45) is 6.26. The lowest BCUT2D eigenvalue weighted by atomic mass is 10.1. The Morgan fingerprint density at radius 1 is 0.857 bits per heavy atom. The zero-order valence-corrected chi connectivity index (χ0v) is 15.7. The normalized spacial score (nSPS) is 10.6. The van der Waals surface area contributed by atoms with Crippen molar-refractivity contribution in [3.63, 3.8) is 0 Å². The first-order chi connectivity index (χ1) is 13.8. The van der Waals surface area contributed by atoms with E-state index >= 15 is 0 Å². The summed E-state index contributed by atoms with van der Waals surface area (Å²) in [4.78, 5) is 17.8. The molecule has 0 saturated heterocycles. The van der Waals surface area contributed by atoms with E-state index in [0.717, 1.165) is 34.8 Å². The summed E-state index contributed by atoms with van der Waals surface area (Å²) in [5.41, 5.74) is 5.23. The summed E-state index contributed by atoms with van der Waals surface area (Å²) in [5.74, 6) is 1.46. The van der Waals surface area contributed by atoms with Crippen molar-refractivity contribution in [3.05, 3.63) is 90.5 Å². The zero-order valence-electron chi connectivity index (χ0n) is 15.7. The highest BCUT2D eigenvalue weighted by molar-refractivity contribution is 5.62. The van der Waals surface area contributed by atoms with Crippen molar-refractivity contribution in [2.75, 3.05) is 5.32 Å². The smallest absolute Gasteiger partial charge is 0.180 e. The molecule has 0 unspecified atom stereocenters. The number of hydrogen-bond donors (Lipinski definition) is 1. The Bertz CT molecular complexity index is 1030. The van der Waals surface area contributed by atoms with E-state index in [-0.39, 0.29) is 0 Å². The van der Waals surface area contributed by atoms with Gasteiger partial charge in [0.05, 0.1) is 0 Å². The van der Waals surface area contributed by atoms with E-state index in [4.69, 9.17) is 0 Å². The largest absolute Gasteiger partial charge is 0.366 e. The topological polar surface area (TPSA) is 63.6 Å². The van der Waals surface area contributed by atoms with E-state index in [9.17, 15) is 0 Å². The number of nitrogens with one attached hydrogen (secondary N) is 1. The molecular weight excluding hydrogens is 346 g/mol. The van der Waals surface area contributed by atoms with Gasteiger partial charge < -0.3 is 5.32 Å². The molecule has 0 spiro atoms. The summed E-state index contributed by atoms with van der Waals surface area (Å²) in [5, 5.41) is 3.41. The molecule has 3 aromatic heterocycles. The van der Waals surface area contributed by atoms with Crippen LogP contribution in [-0.2, 0) is 13.0 Å². The fourth-order valence-corrected chi connectivity index (χ4v) is 2.92. The van der Waals surface area contributed by atoms with Crippen molar-refractivity contribution in [1.82, 2.24) is 19.9 Å². The van der Waals surface area contributed by atoms with Crippen molar-refractivity contribution in [1.29, 1.82) is 0 Å². The molecule has 0 fully saturated rings. The summed E-state index contributed by atoms with van der Waals surface area (Å²) >= 11 is 0. The minimum absolute atomic E-state index is 0.648. The van der Waals surface area contributed by atoms with Gasteiger partial charge in [-0.05, 0) is 41.3 Å². The van der Waals surface area contributed by atoms with Crippen molar-refractivity contribution >= 4 is 5.82 Å². The third-order valence-electron chi connectivity index (χ3n) is 4.46. The number of benzene rings is 1. The zero-order chi connectivity index (χ0) is 19.2. The Morgan fingerprint density at radius 3 is 2.46 bits per heavy atom. The second-order valence-corrected chi connectivity index (χ2v) is 6.43. The van der Waals surface area contributed by atoms with Crippen molar-refractivity contribution in [3.8, 4) is 22.6 Å². The van der Waals surface area contributed by atoms with Gasteiger partial charge in [0.25, 0.3) is 0 Å². The lowest BCUT2D eigenvalue weighted by Gasteiger charge is -2.10. The van der Waals surface area contributed by atoms with Crippen molar-refractivity contribution in [2.45, 2.75) is 19.9 Å². The molecule has 0 aliphatic rings. The molecule has 0 bridgehead atoms. The highest BCUT2D eigenvalue weighted by Crippen LogP contribution is 2.20. The minimum Gasteiger partial charge on any atom is -0.366 e. The second kappa shape index (κ2) is 8.39. The lowest BCUT2D eigenvalue weighted by Crippen LogP contribution is -2.05. The van der Waals surface area contributed by atoms with Crippen LogP contribution in [0.15, 0.2) is 79.3 Å². The van der Waals surface area contributed by atoms with Crippen LogP contribution in [0.4, 0.5) is 5.82 Å². The molecule has 5 nitrogen and oxygen atoms in total. The van der Waals surface area contributed by atoms with Gasteiger partial charge in [-0.25, -0.2) is 9.97 Å². The fourth-order valence-electron chi connectivity index (χ4n) is 2.92. The standard InChI is InChI=1S/C23H21N5/c1-2-20-14-22(28-23(27-20)21-7-3-4-13-25-21)26-15-17-8-10-18(11-9-17)19-6-5-12-24-16-19/h3-14,16H,2,15H2,1H3,(H,26,27,28). The average Bonchev–Trinajstić information content (AvgIpc) is 2.79. The van der Waals surface area contributed by atoms with E-state index in [1.807, 2.05) is 36.5 Å². The summed E-state index contributed by atoms with van der Waals surface area (Å²) in [6.45, 7) is 2.78. The number of pyridine rings is 2. The van der Waals surface area contributed by atoms with Crippen molar-refractivity contribution in [2.24, 2.45) is 0 Å². The molecule has 1 N–H and O–H groups in total. The fraction of sp³-hybridized carbons (Fsp3) is 0.130. The quantitative estimate of drug-likeness (QED) is 0.531. The van der Waals surface area contributed by atoms with Crippen LogP contribution in [0.3, 0.4) is 0 Å². The lowest BCUT2D eigenvalue weighted by molar-refractivity contribution is 0.987. The number of anilines is 1. The highest BCUT2D eigenvalue weighted by Gasteiger charge is 2.07. The van der Waals surface area contributed by atoms with Crippen LogP contribution < -0.4 is 5.32 Å². The van der Waals surface area contributed by atoms with Crippen molar-refractivity contribution < 1.29 is 0 Å². The predicted molar refractivity (Wildman–Crippen MR) is 112 cm³/mol.